The zero-order valence-electron chi connectivity index (χ0n) is 15.7. The fraction of sp³-hybridized carbons (Fsp3) is 0.217. The van der Waals surface area contributed by atoms with Crippen LogP contribution in [0.25, 0.3) is 11.1 Å². The Bertz CT molecular complexity index is 1000. The molecule has 1 aliphatic rings. The van der Waals surface area contributed by atoms with Crippen LogP contribution in [0.3, 0.4) is 0 Å². The van der Waals surface area contributed by atoms with Gasteiger partial charge in [0.2, 0.25) is 5.91 Å². The van der Waals surface area contributed by atoms with E-state index in [1.807, 2.05) is 36.4 Å². The largest absolute Gasteiger partial charge is 0.381 e. The smallest absolute Gasteiger partial charge is 0.236 e. The summed E-state index contributed by atoms with van der Waals surface area (Å²) in [6, 6.07) is 16.7. The molecule has 4 nitrogen and oxygen atoms in total. The Balaban J connectivity index is 1.60. The monoisotopic (exact) mass is 394 g/mol. The van der Waals surface area contributed by atoms with E-state index in [0.717, 1.165) is 17.2 Å². The van der Waals surface area contributed by atoms with Gasteiger partial charge in [0, 0.05) is 36.6 Å². The number of benzene rings is 2. The number of nitrogens with one attached hydrogen (secondary N) is 1. The topological polar surface area (TPSA) is 51.2 Å². The van der Waals surface area contributed by atoms with Crippen LogP contribution in [0.5, 0.6) is 0 Å². The van der Waals surface area contributed by atoms with Crippen molar-refractivity contribution in [1.82, 2.24) is 4.98 Å². The van der Waals surface area contributed by atoms with Gasteiger partial charge >= 0.3 is 0 Å². The number of ether oxygens (including phenoxy) is 1. The second-order valence-electron chi connectivity index (χ2n) is 7.07. The molecule has 1 fully saturated rings. The van der Waals surface area contributed by atoms with Crippen LogP contribution in [0.15, 0.2) is 66.9 Å². The summed E-state index contributed by atoms with van der Waals surface area (Å²) in [5.74, 6) is -1.39. The lowest BCUT2D eigenvalue weighted by Crippen LogP contribution is -2.45. The number of pyridine rings is 1. The van der Waals surface area contributed by atoms with E-state index in [2.05, 4.69) is 10.3 Å². The Morgan fingerprint density at radius 1 is 0.966 bits per heavy atom. The van der Waals surface area contributed by atoms with Crippen molar-refractivity contribution in [3.8, 4) is 11.1 Å². The number of amides is 1. The molecule has 29 heavy (non-hydrogen) atoms. The van der Waals surface area contributed by atoms with Gasteiger partial charge in [-0.25, -0.2) is 13.8 Å². The summed E-state index contributed by atoms with van der Waals surface area (Å²) in [5, 5.41) is 2.81. The van der Waals surface area contributed by atoms with Crippen molar-refractivity contribution >= 4 is 11.7 Å². The highest BCUT2D eigenvalue weighted by Crippen LogP contribution is 2.37. The Hall–Kier alpha value is -3.12. The van der Waals surface area contributed by atoms with Crippen LogP contribution in [0.1, 0.15) is 18.4 Å². The van der Waals surface area contributed by atoms with E-state index in [9.17, 15) is 13.6 Å². The van der Waals surface area contributed by atoms with Crippen LogP contribution >= 0.6 is 0 Å². The summed E-state index contributed by atoms with van der Waals surface area (Å²) in [5.41, 5.74) is 0.997. The van der Waals surface area contributed by atoms with Crippen molar-refractivity contribution in [3.05, 3.63) is 84.1 Å². The van der Waals surface area contributed by atoms with Crippen LogP contribution in [-0.2, 0) is 14.9 Å². The summed E-state index contributed by atoms with van der Waals surface area (Å²) >= 11 is 0. The van der Waals surface area contributed by atoms with E-state index >= 15 is 0 Å². The van der Waals surface area contributed by atoms with Gasteiger partial charge < -0.3 is 10.1 Å². The standard InChI is InChI=1S/C23H20F2N2O2/c24-18-7-8-19(20(25)14-18)23(10-12-29-13-11-23)22(28)27-21-9-6-17(15-26-21)16-4-2-1-3-5-16/h1-9,14-15H,10-13H2,(H,26,27,28). The second kappa shape index (κ2) is 8.09. The van der Waals surface area contributed by atoms with Gasteiger partial charge in [-0.05, 0) is 36.6 Å². The van der Waals surface area contributed by atoms with Crippen LogP contribution in [0.4, 0.5) is 14.6 Å². The summed E-state index contributed by atoms with van der Waals surface area (Å²) < 4.78 is 33.3. The maximum absolute atomic E-state index is 14.5. The molecule has 148 valence electrons. The van der Waals surface area contributed by atoms with E-state index in [1.54, 1.807) is 12.3 Å². The highest BCUT2D eigenvalue weighted by Gasteiger charge is 2.43. The first kappa shape index (κ1) is 19.2. The van der Waals surface area contributed by atoms with Crippen molar-refractivity contribution in [3.63, 3.8) is 0 Å². The first-order chi connectivity index (χ1) is 14.1. The average Bonchev–Trinajstić information content (AvgIpc) is 2.75. The molecule has 3 aromatic rings. The second-order valence-corrected chi connectivity index (χ2v) is 7.07. The van der Waals surface area contributed by atoms with E-state index in [0.29, 0.717) is 31.9 Å². The summed E-state index contributed by atoms with van der Waals surface area (Å²) in [4.78, 5) is 17.5. The molecule has 1 amide bonds. The first-order valence-electron chi connectivity index (χ1n) is 9.45. The zero-order valence-corrected chi connectivity index (χ0v) is 15.7. The lowest BCUT2D eigenvalue weighted by atomic mass is 9.73. The lowest BCUT2D eigenvalue weighted by molar-refractivity contribution is -0.125. The molecular formula is C23H20F2N2O2. The number of rotatable bonds is 4. The number of aromatic nitrogens is 1. The van der Waals surface area contributed by atoms with E-state index < -0.39 is 17.0 Å². The molecule has 0 unspecified atom stereocenters. The molecule has 6 heteroatoms. The number of anilines is 1. The van der Waals surface area contributed by atoms with Crippen LogP contribution < -0.4 is 5.32 Å². The Morgan fingerprint density at radius 3 is 2.38 bits per heavy atom. The lowest BCUT2D eigenvalue weighted by Gasteiger charge is -2.36. The molecular weight excluding hydrogens is 374 g/mol. The highest BCUT2D eigenvalue weighted by atomic mass is 19.1. The zero-order chi connectivity index (χ0) is 20.3. The number of hydrogen-bond acceptors (Lipinski definition) is 3. The minimum atomic E-state index is -1.13. The molecule has 0 spiro atoms. The van der Waals surface area contributed by atoms with Gasteiger partial charge in [0.05, 0.1) is 5.41 Å². The predicted molar refractivity (Wildman–Crippen MR) is 106 cm³/mol. The van der Waals surface area contributed by atoms with Gasteiger partial charge in [-0.3, -0.25) is 4.79 Å². The molecule has 1 saturated heterocycles. The summed E-state index contributed by atoms with van der Waals surface area (Å²) in [6.45, 7) is 0.648. The number of nitrogens with zero attached hydrogens (tertiary/aromatic N) is 1. The van der Waals surface area contributed by atoms with Crippen molar-refractivity contribution < 1.29 is 18.3 Å². The van der Waals surface area contributed by atoms with Gasteiger partial charge in [0.1, 0.15) is 17.5 Å². The maximum Gasteiger partial charge on any atom is 0.236 e. The number of carbonyl (C=O) groups excluding carboxylic acids is 1. The minimum absolute atomic E-state index is 0.181. The quantitative estimate of drug-likeness (QED) is 0.697. The molecule has 4 rings (SSSR count). The maximum atomic E-state index is 14.5. The van der Waals surface area contributed by atoms with Crippen molar-refractivity contribution in [2.24, 2.45) is 0 Å². The van der Waals surface area contributed by atoms with E-state index in [-0.39, 0.29) is 11.5 Å². The number of halogens is 2. The van der Waals surface area contributed by atoms with E-state index in [1.165, 1.54) is 12.1 Å². The van der Waals surface area contributed by atoms with Crippen molar-refractivity contribution in [2.45, 2.75) is 18.3 Å². The Morgan fingerprint density at radius 2 is 1.72 bits per heavy atom. The van der Waals surface area contributed by atoms with Crippen molar-refractivity contribution in [2.75, 3.05) is 18.5 Å². The van der Waals surface area contributed by atoms with Gasteiger partial charge in [-0.15, -0.1) is 0 Å². The number of carbonyl (C=O) groups is 1. The molecule has 2 aromatic carbocycles. The first-order valence-corrected chi connectivity index (χ1v) is 9.45. The third-order valence-corrected chi connectivity index (χ3v) is 5.34. The molecule has 0 aliphatic carbocycles. The fourth-order valence-corrected chi connectivity index (χ4v) is 3.72. The SMILES string of the molecule is O=C(Nc1ccc(-c2ccccc2)cn1)C1(c2ccc(F)cc2F)CCOCC1. The molecule has 0 saturated carbocycles. The third-order valence-electron chi connectivity index (χ3n) is 5.34. The van der Waals surface area contributed by atoms with Crippen molar-refractivity contribution in [1.29, 1.82) is 0 Å². The molecule has 0 radical (unpaired) electrons. The summed E-state index contributed by atoms with van der Waals surface area (Å²) in [7, 11) is 0. The van der Waals surface area contributed by atoms with Gasteiger partial charge in [0.15, 0.2) is 0 Å². The third kappa shape index (κ3) is 3.89. The number of hydrogen-bond donors (Lipinski definition) is 1. The summed E-state index contributed by atoms with van der Waals surface area (Å²) in [6.07, 6.45) is 2.30. The normalized spacial score (nSPS) is 15.7. The van der Waals surface area contributed by atoms with Crippen LogP contribution in [0.2, 0.25) is 0 Å². The molecule has 2 heterocycles. The van der Waals surface area contributed by atoms with Gasteiger partial charge in [0.25, 0.3) is 0 Å². The molecule has 1 aliphatic heterocycles. The van der Waals surface area contributed by atoms with Crippen LogP contribution in [-0.4, -0.2) is 24.1 Å². The van der Waals surface area contributed by atoms with E-state index in [4.69, 9.17) is 4.74 Å². The Labute approximate surface area is 167 Å². The molecule has 0 atom stereocenters. The molecule has 0 bridgehead atoms. The van der Waals surface area contributed by atoms with Gasteiger partial charge in [-0.1, -0.05) is 36.4 Å². The molecule has 1 N–H and O–H groups in total. The predicted octanol–water partition coefficient (Wildman–Crippen LogP) is 4.71. The highest BCUT2D eigenvalue weighted by molar-refractivity contribution is 5.98. The van der Waals surface area contributed by atoms with Gasteiger partial charge in [-0.2, -0.15) is 0 Å². The minimum Gasteiger partial charge on any atom is -0.381 e. The Kier molecular flexibility index (Phi) is 5.36. The van der Waals surface area contributed by atoms with Crippen LogP contribution in [0, 0.1) is 11.6 Å². The average molecular weight is 394 g/mol. The fourth-order valence-electron chi connectivity index (χ4n) is 3.72. The molecule has 1 aromatic heterocycles.